The Hall–Kier alpha value is -3.16. The highest BCUT2D eigenvalue weighted by Gasteiger charge is 2.15. The second-order valence-electron chi connectivity index (χ2n) is 8.19. The van der Waals surface area contributed by atoms with Gasteiger partial charge in [-0.2, -0.15) is 5.10 Å². The molecule has 8 nitrogen and oxygen atoms in total. The largest absolute Gasteiger partial charge is 0.354 e. The Kier molecular flexibility index (Phi) is 6.96. The number of aryl methyl sites for hydroxylation is 1. The molecule has 2 heterocycles. The highest BCUT2D eigenvalue weighted by molar-refractivity contribution is 5.80. The van der Waals surface area contributed by atoms with Crippen LogP contribution in [0.15, 0.2) is 47.7 Å². The molecule has 0 atom stereocenters. The van der Waals surface area contributed by atoms with Crippen LogP contribution in [0.2, 0.25) is 0 Å². The minimum atomic E-state index is 0.473. The van der Waals surface area contributed by atoms with Crippen LogP contribution >= 0.6 is 0 Å². The molecule has 0 radical (unpaired) electrons. The molecule has 1 aliphatic carbocycles. The molecule has 4 rings (SSSR count). The molecule has 0 aliphatic heterocycles. The Labute approximate surface area is 183 Å². The number of rotatable bonds is 7. The quantitative estimate of drug-likeness (QED) is 0.453. The molecule has 0 unspecified atom stereocenters. The Bertz CT molecular complexity index is 983. The van der Waals surface area contributed by atoms with Gasteiger partial charge in [-0.1, -0.05) is 43.5 Å². The van der Waals surface area contributed by atoms with Crippen molar-refractivity contribution < 1.29 is 0 Å². The van der Waals surface area contributed by atoms with E-state index in [1.807, 2.05) is 41.7 Å². The molecule has 1 aromatic carbocycles. The third-order valence-electron chi connectivity index (χ3n) is 5.96. The first-order valence-corrected chi connectivity index (χ1v) is 11.1. The summed E-state index contributed by atoms with van der Waals surface area (Å²) in [5.74, 6) is 2.64. The van der Waals surface area contributed by atoms with Crippen LogP contribution in [-0.4, -0.2) is 36.5 Å². The van der Waals surface area contributed by atoms with Gasteiger partial charge in [0.2, 0.25) is 0 Å². The van der Waals surface area contributed by atoms with Gasteiger partial charge >= 0.3 is 0 Å². The molecule has 164 valence electrons. The summed E-state index contributed by atoms with van der Waals surface area (Å²) in [5, 5.41) is 19.9. The van der Waals surface area contributed by atoms with Crippen LogP contribution in [0, 0.1) is 6.92 Å². The molecule has 2 aromatic heterocycles. The van der Waals surface area contributed by atoms with Crippen LogP contribution in [0.25, 0.3) is 0 Å². The maximum absolute atomic E-state index is 4.94. The number of aliphatic imine (C=N–C) groups is 1. The van der Waals surface area contributed by atoms with Crippen molar-refractivity contribution in [2.75, 3.05) is 0 Å². The van der Waals surface area contributed by atoms with E-state index in [1.165, 1.54) is 43.2 Å². The minimum absolute atomic E-state index is 0.473. The van der Waals surface area contributed by atoms with Crippen molar-refractivity contribution in [3.05, 3.63) is 65.5 Å². The number of nitrogens with one attached hydrogen (secondary N) is 2. The van der Waals surface area contributed by atoms with Crippen molar-refractivity contribution >= 4 is 5.96 Å². The van der Waals surface area contributed by atoms with Gasteiger partial charge in [0, 0.05) is 25.5 Å². The van der Waals surface area contributed by atoms with Gasteiger partial charge in [-0.05, 0) is 37.0 Å². The van der Waals surface area contributed by atoms with E-state index in [4.69, 9.17) is 4.99 Å². The number of aromatic nitrogens is 5. The van der Waals surface area contributed by atoms with Gasteiger partial charge < -0.3 is 15.2 Å². The highest BCUT2D eigenvalue weighted by atomic mass is 15.3. The normalized spacial score (nSPS) is 15.2. The van der Waals surface area contributed by atoms with Gasteiger partial charge in [-0.25, -0.2) is 4.99 Å². The zero-order valence-electron chi connectivity index (χ0n) is 18.5. The SMILES string of the molecule is Cc1nnc(CNC(=NCc2ccccc2Cn2cccn2)NC2CCCCC2)n1C. The molecule has 1 fully saturated rings. The summed E-state index contributed by atoms with van der Waals surface area (Å²) in [6, 6.07) is 10.9. The summed E-state index contributed by atoms with van der Waals surface area (Å²) in [4.78, 5) is 4.94. The van der Waals surface area contributed by atoms with E-state index < -0.39 is 0 Å². The summed E-state index contributed by atoms with van der Waals surface area (Å²) in [6.07, 6.45) is 10.1. The van der Waals surface area contributed by atoms with Gasteiger partial charge in [0.25, 0.3) is 0 Å². The molecular formula is C23H32N8. The maximum Gasteiger partial charge on any atom is 0.192 e. The molecule has 0 amide bonds. The standard InChI is InChI=1S/C23H32N8/c1-18-28-29-22(30(18)2)16-25-23(27-21-11-4-3-5-12-21)24-15-19-9-6-7-10-20(19)17-31-14-8-13-26-31/h6-10,13-14,21H,3-5,11-12,15-17H2,1-2H3,(H2,24,25,27). The first kappa shape index (κ1) is 21.1. The molecule has 1 saturated carbocycles. The lowest BCUT2D eigenvalue weighted by atomic mass is 9.96. The summed E-state index contributed by atoms with van der Waals surface area (Å²) in [5.41, 5.74) is 2.44. The molecule has 3 aromatic rings. The van der Waals surface area contributed by atoms with Crippen LogP contribution in [0.3, 0.4) is 0 Å². The van der Waals surface area contributed by atoms with Crippen molar-refractivity contribution in [3.63, 3.8) is 0 Å². The molecule has 31 heavy (non-hydrogen) atoms. The van der Waals surface area contributed by atoms with Crippen LogP contribution < -0.4 is 10.6 Å². The topological polar surface area (TPSA) is 85.0 Å². The average Bonchev–Trinajstić information content (AvgIpc) is 3.42. The third kappa shape index (κ3) is 5.71. The van der Waals surface area contributed by atoms with E-state index >= 15 is 0 Å². The second kappa shape index (κ2) is 10.2. The van der Waals surface area contributed by atoms with Crippen LogP contribution in [0.1, 0.15) is 54.9 Å². The van der Waals surface area contributed by atoms with Crippen LogP contribution in [0.5, 0.6) is 0 Å². The Morgan fingerprint density at radius 3 is 2.61 bits per heavy atom. The minimum Gasteiger partial charge on any atom is -0.354 e. The zero-order valence-corrected chi connectivity index (χ0v) is 18.5. The van der Waals surface area contributed by atoms with E-state index in [-0.39, 0.29) is 0 Å². The predicted octanol–water partition coefficient (Wildman–Crippen LogP) is 2.94. The first-order valence-electron chi connectivity index (χ1n) is 11.1. The fourth-order valence-electron chi connectivity index (χ4n) is 3.96. The Morgan fingerprint density at radius 2 is 1.90 bits per heavy atom. The van der Waals surface area contributed by atoms with Crippen LogP contribution in [-0.2, 0) is 26.7 Å². The van der Waals surface area contributed by atoms with Gasteiger partial charge in [-0.15, -0.1) is 10.2 Å². The first-order chi connectivity index (χ1) is 15.2. The van der Waals surface area contributed by atoms with Crippen molar-refractivity contribution in [2.45, 2.75) is 64.7 Å². The zero-order chi connectivity index (χ0) is 21.5. The summed E-state index contributed by atoms with van der Waals surface area (Å²) in [6.45, 7) is 3.90. The lowest BCUT2D eigenvalue weighted by Gasteiger charge is -2.25. The highest BCUT2D eigenvalue weighted by Crippen LogP contribution is 2.17. The number of nitrogens with zero attached hydrogens (tertiary/aromatic N) is 6. The third-order valence-corrected chi connectivity index (χ3v) is 5.96. The molecule has 0 saturated heterocycles. The lowest BCUT2D eigenvalue weighted by molar-refractivity contribution is 0.409. The van der Waals surface area contributed by atoms with Gasteiger partial charge in [0.1, 0.15) is 5.82 Å². The summed E-state index contributed by atoms with van der Waals surface area (Å²) < 4.78 is 3.95. The molecule has 0 bridgehead atoms. The van der Waals surface area contributed by atoms with E-state index in [9.17, 15) is 0 Å². The monoisotopic (exact) mass is 420 g/mol. The number of hydrogen-bond acceptors (Lipinski definition) is 4. The maximum atomic E-state index is 4.94. The number of guanidine groups is 1. The molecule has 2 N–H and O–H groups in total. The average molecular weight is 421 g/mol. The number of hydrogen-bond donors (Lipinski definition) is 2. The fraction of sp³-hybridized carbons (Fsp3) is 0.478. The molecule has 8 heteroatoms. The smallest absolute Gasteiger partial charge is 0.192 e. The predicted molar refractivity (Wildman–Crippen MR) is 121 cm³/mol. The van der Waals surface area contributed by atoms with E-state index in [2.05, 4.69) is 50.2 Å². The van der Waals surface area contributed by atoms with Gasteiger partial charge in [-0.3, -0.25) is 4.68 Å². The van der Waals surface area contributed by atoms with Crippen molar-refractivity contribution in [1.82, 2.24) is 35.2 Å². The number of benzene rings is 1. The molecule has 0 spiro atoms. The van der Waals surface area contributed by atoms with Crippen molar-refractivity contribution in [2.24, 2.45) is 12.0 Å². The van der Waals surface area contributed by atoms with Gasteiger partial charge in [0.05, 0.1) is 19.6 Å². The fourth-order valence-corrected chi connectivity index (χ4v) is 3.96. The van der Waals surface area contributed by atoms with Gasteiger partial charge in [0.15, 0.2) is 11.8 Å². The Morgan fingerprint density at radius 1 is 1.10 bits per heavy atom. The van der Waals surface area contributed by atoms with E-state index in [1.54, 1.807) is 0 Å². The molecule has 1 aliphatic rings. The van der Waals surface area contributed by atoms with Crippen molar-refractivity contribution in [1.29, 1.82) is 0 Å². The lowest BCUT2D eigenvalue weighted by Crippen LogP contribution is -2.44. The second-order valence-corrected chi connectivity index (χ2v) is 8.19. The summed E-state index contributed by atoms with van der Waals surface area (Å²) in [7, 11) is 1.99. The van der Waals surface area contributed by atoms with Crippen LogP contribution in [0.4, 0.5) is 0 Å². The molecular weight excluding hydrogens is 388 g/mol. The van der Waals surface area contributed by atoms with Crippen molar-refractivity contribution in [3.8, 4) is 0 Å². The van der Waals surface area contributed by atoms with E-state index in [0.717, 1.165) is 24.2 Å². The van der Waals surface area contributed by atoms with E-state index in [0.29, 0.717) is 19.1 Å². The Balaban J connectivity index is 1.48. The summed E-state index contributed by atoms with van der Waals surface area (Å²) >= 11 is 0.